The summed E-state index contributed by atoms with van der Waals surface area (Å²) in [6.07, 6.45) is 0.769. The Morgan fingerprint density at radius 1 is 1.26 bits per heavy atom. The number of benzene rings is 1. The molecule has 0 aliphatic heterocycles. The standard InChI is InChI=1S/C13H18N2O4/c14-11(8-9-3-5-10(16)6-4-9)13(19)15-7-1-2-12(17)18/h3-6,11,16H,1-2,7-8,14H2,(H,15,19)(H,17,18)/t11-/m0/s1. The minimum Gasteiger partial charge on any atom is -0.508 e. The highest BCUT2D eigenvalue weighted by Gasteiger charge is 2.13. The smallest absolute Gasteiger partial charge is 0.303 e. The molecule has 1 aromatic rings. The summed E-state index contributed by atoms with van der Waals surface area (Å²) >= 11 is 0. The zero-order valence-electron chi connectivity index (χ0n) is 10.5. The number of aliphatic carboxylic acids is 1. The molecule has 0 saturated heterocycles. The van der Waals surface area contributed by atoms with Gasteiger partial charge in [-0.2, -0.15) is 0 Å². The van der Waals surface area contributed by atoms with Gasteiger partial charge < -0.3 is 21.3 Å². The number of carboxylic acids is 1. The van der Waals surface area contributed by atoms with Crippen molar-refractivity contribution in [3.05, 3.63) is 29.8 Å². The monoisotopic (exact) mass is 266 g/mol. The maximum atomic E-state index is 11.6. The van der Waals surface area contributed by atoms with Crippen LogP contribution in [0, 0.1) is 0 Å². The molecule has 0 fully saturated rings. The maximum Gasteiger partial charge on any atom is 0.303 e. The number of nitrogens with one attached hydrogen (secondary N) is 1. The molecule has 0 unspecified atom stereocenters. The molecule has 0 radical (unpaired) electrons. The van der Waals surface area contributed by atoms with Gasteiger partial charge in [-0.1, -0.05) is 12.1 Å². The molecule has 1 atom stereocenters. The van der Waals surface area contributed by atoms with Gasteiger partial charge in [0, 0.05) is 13.0 Å². The van der Waals surface area contributed by atoms with Crippen molar-refractivity contribution in [2.24, 2.45) is 5.73 Å². The normalized spacial score (nSPS) is 11.8. The molecular weight excluding hydrogens is 248 g/mol. The largest absolute Gasteiger partial charge is 0.508 e. The van der Waals surface area contributed by atoms with Crippen LogP contribution in [0.2, 0.25) is 0 Å². The molecule has 0 aromatic heterocycles. The molecule has 19 heavy (non-hydrogen) atoms. The third kappa shape index (κ3) is 5.87. The second-order valence-electron chi connectivity index (χ2n) is 4.27. The van der Waals surface area contributed by atoms with Crippen LogP contribution in [0.5, 0.6) is 5.75 Å². The minimum absolute atomic E-state index is 0.0213. The lowest BCUT2D eigenvalue weighted by Gasteiger charge is -2.12. The first-order valence-electron chi connectivity index (χ1n) is 6.02. The second kappa shape index (κ2) is 7.38. The molecule has 1 rings (SSSR count). The number of carboxylic acid groups (broad SMARTS) is 1. The van der Waals surface area contributed by atoms with Crippen LogP contribution in [-0.4, -0.2) is 34.7 Å². The topological polar surface area (TPSA) is 113 Å². The fourth-order valence-electron chi connectivity index (χ4n) is 1.56. The van der Waals surface area contributed by atoms with E-state index in [0.717, 1.165) is 5.56 Å². The predicted molar refractivity (Wildman–Crippen MR) is 69.7 cm³/mol. The molecule has 0 spiro atoms. The van der Waals surface area contributed by atoms with Crippen LogP contribution in [0.4, 0.5) is 0 Å². The van der Waals surface area contributed by atoms with Crippen molar-refractivity contribution in [1.82, 2.24) is 5.32 Å². The van der Waals surface area contributed by atoms with Gasteiger partial charge >= 0.3 is 5.97 Å². The minimum atomic E-state index is -0.886. The number of rotatable bonds is 7. The number of aromatic hydroxyl groups is 1. The average molecular weight is 266 g/mol. The highest BCUT2D eigenvalue weighted by molar-refractivity contribution is 5.81. The summed E-state index contributed by atoms with van der Waals surface area (Å²) in [4.78, 5) is 21.9. The summed E-state index contributed by atoms with van der Waals surface area (Å²) in [6, 6.07) is 5.79. The van der Waals surface area contributed by atoms with Crippen LogP contribution in [0.3, 0.4) is 0 Å². The van der Waals surface area contributed by atoms with E-state index in [0.29, 0.717) is 19.4 Å². The number of amides is 1. The lowest BCUT2D eigenvalue weighted by molar-refractivity contribution is -0.137. The van der Waals surface area contributed by atoms with E-state index in [1.165, 1.54) is 12.1 Å². The Morgan fingerprint density at radius 2 is 1.89 bits per heavy atom. The van der Waals surface area contributed by atoms with Crippen molar-refractivity contribution < 1.29 is 19.8 Å². The Kier molecular flexibility index (Phi) is 5.81. The predicted octanol–water partition coefficient (Wildman–Crippen LogP) is 0.243. The fraction of sp³-hybridized carbons (Fsp3) is 0.385. The van der Waals surface area contributed by atoms with Crippen LogP contribution >= 0.6 is 0 Å². The first-order valence-corrected chi connectivity index (χ1v) is 6.02. The molecule has 104 valence electrons. The van der Waals surface area contributed by atoms with Gasteiger partial charge in [0.15, 0.2) is 0 Å². The summed E-state index contributed by atoms with van der Waals surface area (Å²) in [7, 11) is 0. The molecule has 1 aromatic carbocycles. The number of carbonyl (C=O) groups is 2. The van der Waals surface area contributed by atoms with Crippen LogP contribution in [-0.2, 0) is 16.0 Å². The molecule has 1 amide bonds. The Morgan fingerprint density at radius 3 is 2.47 bits per heavy atom. The van der Waals surface area contributed by atoms with E-state index in [1.54, 1.807) is 12.1 Å². The molecule has 0 heterocycles. The molecule has 0 saturated carbocycles. The summed E-state index contributed by atoms with van der Waals surface area (Å²) in [5, 5.41) is 20.2. The second-order valence-corrected chi connectivity index (χ2v) is 4.27. The van der Waals surface area contributed by atoms with Crippen molar-refractivity contribution >= 4 is 11.9 Å². The van der Waals surface area contributed by atoms with Crippen LogP contribution in [0.15, 0.2) is 24.3 Å². The van der Waals surface area contributed by atoms with Crippen LogP contribution < -0.4 is 11.1 Å². The lowest BCUT2D eigenvalue weighted by atomic mass is 10.1. The average Bonchev–Trinajstić information content (AvgIpc) is 2.36. The van der Waals surface area contributed by atoms with Gasteiger partial charge in [0.2, 0.25) is 5.91 Å². The number of hydrogen-bond donors (Lipinski definition) is 4. The Hall–Kier alpha value is -2.08. The van der Waals surface area contributed by atoms with E-state index in [-0.39, 0.29) is 18.1 Å². The Bertz CT molecular complexity index is 431. The number of carbonyl (C=O) groups excluding carboxylic acids is 1. The van der Waals surface area contributed by atoms with Crippen LogP contribution in [0.1, 0.15) is 18.4 Å². The van der Waals surface area contributed by atoms with Gasteiger partial charge in [-0.15, -0.1) is 0 Å². The van der Waals surface area contributed by atoms with Crippen molar-refractivity contribution in [2.45, 2.75) is 25.3 Å². The fourth-order valence-corrected chi connectivity index (χ4v) is 1.56. The molecular formula is C13H18N2O4. The highest BCUT2D eigenvalue weighted by atomic mass is 16.4. The molecule has 0 bridgehead atoms. The van der Waals surface area contributed by atoms with Crippen LogP contribution in [0.25, 0.3) is 0 Å². The van der Waals surface area contributed by atoms with Gasteiger partial charge in [-0.25, -0.2) is 0 Å². The van der Waals surface area contributed by atoms with Gasteiger partial charge in [-0.05, 0) is 30.5 Å². The summed E-state index contributed by atoms with van der Waals surface area (Å²) in [5.41, 5.74) is 6.59. The number of phenols is 1. The summed E-state index contributed by atoms with van der Waals surface area (Å²) < 4.78 is 0. The van der Waals surface area contributed by atoms with Crippen molar-refractivity contribution in [1.29, 1.82) is 0 Å². The number of hydrogen-bond acceptors (Lipinski definition) is 4. The van der Waals surface area contributed by atoms with Gasteiger partial charge in [0.05, 0.1) is 6.04 Å². The molecule has 5 N–H and O–H groups in total. The Balaban J connectivity index is 2.32. The Labute approximate surface area is 111 Å². The first kappa shape index (κ1) is 15.0. The third-order valence-electron chi connectivity index (χ3n) is 2.60. The maximum absolute atomic E-state index is 11.6. The van der Waals surface area contributed by atoms with E-state index >= 15 is 0 Å². The van der Waals surface area contributed by atoms with Gasteiger partial charge in [0.25, 0.3) is 0 Å². The zero-order valence-corrected chi connectivity index (χ0v) is 10.5. The van der Waals surface area contributed by atoms with E-state index in [1.807, 2.05) is 0 Å². The molecule has 0 aliphatic rings. The van der Waals surface area contributed by atoms with Gasteiger partial charge in [-0.3, -0.25) is 9.59 Å². The van der Waals surface area contributed by atoms with Crippen molar-refractivity contribution in [3.8, 4) is 5.75 Å². The summed E-state index contributed by atoms with van der Waals surface area (Å²) in [6.45, 7) is 0.300. The number of phenolic OH excluding ortho intramolecular Hbond substituents is 1. The van der Waals surface area contributed by atoms with E-state index in [4.69, 9.17) is 15.9 Å². The van der Waals surface area contributed by atoms with E-state index in [9.17, 15) is 9.59 Å². The molecule has 0 aliphatic carbocycles. The summed E-state index contributed by atoms with van der Waals surface area (Å²) in [5.74, 6) is -1.03. The lowest BCUT2D eigenvalue weighted by Crippen LogP contribution is -2.42. The molecule has 6 heteroatoms. The number of nitrogens with two attached hydrogens (primary N) is 1. The molecule has 6 nitrogen and oxygen atoms in total. The first-order chi connectivity index (χ1) is 8.99. The van der Waals surface area contributed by atoms with Crippen molar-refractivity contribution in [3.63, 3.8) is 0 Å². The third-order valence-corrected chi connectivity index (χ3v) is 2.60. The van der Waals surface area contributed by atoms with Crippen molar-refractivity contribution in [2.75, 3.05) is 6.54 Å². The van der Waals surface area contributed by atoms with Gasteiger partial charge in [0.1, 0.15) is 5.75 Å². The SMILES string of the molecule is N[C@@H](Cc1ccc(O)cc1)C(=O)NCCCC(=O)O. The highest BCUT2D eigenvalue weighted by Crippen LogP contribution is 2.10. The quantitative estimate of drug-likeness (QED) is 0.528. The van der Waals surface area contributed by atoms with E-state index < -0.39 is 12.0 Å². The van der Waals surface area contributed by atoms with E-state index in [2.05, 4.69) is 5.32 Å². The zero-order chi connectivity index (χ0) is 14.3.